The summed E-state index contributed by atoms with van der Waals surface area (Å²) in [5, 5.41) is 1.86. The second-order valence-corrected chi connectivity index (χ2v) is 6.16. The van der Waals surface area contributed by atoms with Gasteiger partial charge in [0.2, 0.25) is 11.6 Å². The normalized spacial score (nSPS) is 14.1. The summed E-state index contributed by atoms with van der Waals surface area (Å²) in [6.45, 7) is 8.29. The molecule has 2 heteroatoms. The summed E-state index contributed by atoms with van der Waals surface area (Å²) in [7, 11) is 0. The lowest BCUT2D eigenvalue weighted by atomic mass is 9.91. The monoisotopic (exact) mass is 266 g/mol. The van der Waals surface area contributed by atoms with Crippen LogP contribution in [0.1, 0.15) is 71.4 Å². The highest BCUT2D eigenvalue weighted by atomic mass is 16.2. The van der Waals surface area contributed by atoms with Gasteiger partial charge >= 0.3 is 0 Å². The maximum Gasteiger partial charge on any atom is 0.234 e. The standard InChI is InChI=1S/C18H18O2/c1-9(2)12-7-11-5-6-13(10(3)4)16-15(11)14(8-12)17(19)18(16)20/h5-10H,1-4H3. The lowest BCUT2D eigenvalue weighted by molar-refractivity contribution is 0.0824. The average Bonchev–Trinajstić information content (AvgIpc) is 2.65. The number of ketones is 2. The van der Waals surface area contributed by atoms with Crippen molar-refractivity contribution in [3.63, 3.8) is 0 Å². The van der Waals surface area contributed by atoms with Gasteiger partial charge in [-0.1, -0.05) is 45.9 Å². The molecule has 0 fully saturated rings. The number of carbonyl (C=O) groups is 2. The molecule has 0 saturated heterocycles. The minimum absolute atomic E-state index is 0.238. The maximum absolute atomic E-state index is 12.3. The van der Waals surface area contributed by atoms with Gasteiger partial charge in [-0.15, -0.1) is 0 Å². The first kappa shape index (κ1) is 13.0. The number of rotatable bonds is 2. The van der Waals surface area contributed by atoms with Gasteiger partial charge < -0.3 is 0 Å². The highest BCUT2D eigenvalue weighted by molar-refractivity contribution is 6.57. The lowest BCUT2D eigenvalue weighted by Crippen LogP contribution is -2.09. The Bertz CT molecular complexity index is 752. The number of hydrogen-bond donors (Lipinski definition) is 0. The van der Waals surface area contributed by atoms with Crippen LogP contribution in [0.3, 0.4) is 0 Å². The molecule has 0 unspecified atom stereocenters. The van der Waals surface area contributed by atoms with E-state index in [1.54, 1.807) is 0 Å². The quantitative estimate of drug-likeness (QED) is 0.752. The van der Waals surface area contributed by atoms with Gasteiger partial charge in [0, 0.05) is 16.5 Å². The van der Waals surface area contributed by atoms with Crippen LogP contribution in [-0.2, 0) is 0 Å². The predicted molar refractivity (Wildman–Crippen MR) is 80.8 cm³/mol. The Morgan fingerprint density at radius 3 is 2.15 bits per heavy atom. The van der Waals surface area contributed by atoms with Gasteiger partial charge in [0.05, 0.1) is 0 Å². The van der Waals surface area contributed by atoms with E-state index in [-0.39, 0.29) is 17.5 Å². The zero-order valence-electron chi connectivity index (χ0n) is 12.3. The molecule has 102 valence electrons. The molecular formula is C18H18O2. The van der Waals surface area contributed by atoms with Gasteiger partial charge in [-0.05, 0) is 34.4 Å². The van der Waals surface area contributed by atoms with Crippen molar-refractivity contribution in [3.05, 3.63) is 46.5 Å². The molecule has 2 aromatic carbocycles. The van der Waals surface area contributed by atoms with Crippen LogP contribution in [0.5, 0.6) is 0 Å². The average molecular weight is 266 g/mol. The maximum atomic E-state index is 12.3. The number of carbonyl (C=O) groups excluding carboxylic acids is 2. The molecule has 0 saturated carbocycles. The third-order valence-electron chi connectivity index (χ3n) is 4.14. The molecule has 0 aliphatic heterocycles. The van der Waals surface area contributed by atoms with Gasteiger partial charge in [-0.25, -0.2) is 0 Å². The van der Waals surface area contributed by atoms with Gasteiger partial charge in [-0.3, -0.25) is 9.59 Å². The van der Waals surface area contributed by atoms with E-state index in [0.717, 1.165) is 21.9 Å². The van der Waals surface area contributed by atoms with Crippen molar-refractivity contribution in [2.75, 3.05) is 0 Å². The summed E-state index contributed by atoms with van der Waals surface area (Å²) in [5.41, 5.74) is 3.31. The summed E-state index contributed by atoms with van der Waals surface area (Å²) in [6.07, 6.45) is 0. The van der Waals surface area contributed by atoms with Crippen molar-refractivity contribution >= 4 is 22.3 Å². The van der Waals surface area contributed by atoms with Crippen LogP contribution < -0.4 is 0 Å². The Morgan fingerprint density at radius 1 is 0.850 bits per heavy atom. The second-order valence-electron chi connectivity index (χ2n) is 6.16. The number of benzene rings is 2. The van der Waals surface area contributed by atoms with E-state index in [2.05, 4.69) is 33.8 Å². The molecular weight excluding hydrogens is 248 g/mol. The highest BCUT2D eigenvalue weighted by Gasteiger charge is 2.34. The fourth-order valence-electron chi connectivity index (χ4n) is 2.98. The van der Waals surface area contributed by atoms with Crippen LogP contribution in [-0.4, -0.2) is 11.6 Å². The van der Waals surface area contributed by atoms with E-state index < -0.39 is 0 Å². The van der Waals surface area contributed by atoms with Crippen molar-refractivity contribution in [2.45, 2.75) is 39.5 Å². The minimum atomic E-state index is -0.347. The van der Waals surface area contributed by atoms with Crippen molar-refractivity contribution in [1.82, 2.24) is 0 Å². The Labute approximate surface area is 118 Å². The molecule has 3 rings (SSSR count). The molecule has 20 heavy (non-hydrogen) atoms. The molecule has 0 spiro atoms. The van der Waals surface area contributed by atoms with Gasteiger partial charge in [0.1, 0.15) is 0 Å². The zero-order valence-corrected chi connectivity index (χ0v) is 12.3. The summed E-state index contributed by atoms with van der Waals surface area (Å²) < 4.78 is 0. The van der Waals surface area contributed by atoms with E-state index in [1.165, 1.54) is 0 Å². The van der Waals surface area contributed by atoms with Crippen LogP contribution >= 0.6 is 0 Å². The first-order valence-electron chi connectivity index (χ1n) is 7.11. The minimum Gasteiger partial charge on any atom is -0.285 e. The van der Waals surface area contributed by atoms with Gasteiger partial charge in [0.15, 0.2) is 0 Å². The molecule has 0 aromatic heterocycles. The lowest BCUT2D eigenvalue weighted by Gasteiger charge is -2.12. The molecule has 0 amide bonds. The first-order valence-corrected chi connectivity index (χ1v) is 7.11. The molecule has 0 radical (unpaired) electrons. The van der Waals surface area contributed by atoms with Gasteiger partial charge in [-0.2, -0.15) is 0 Å². The smallest absolute Gasteiger partial charge is 0.234 e. The van der Waals surface area contributed by atoms with Crippen molar-refractivity contribution in [1.29, 1.82) is 0 Å². The summed E-state index contributed by atoms with van der Waals surface area (Å²) in [6, 6.07) is 8.03. The van der Waals surface area contributed by atoms with E-state index in [1.807, 2.05) is 18.2 Å². The summed E-state index contributed by atoms with van der Waals surface area (Å²) in [4.78, 5) is 24.6. The highest BCUT2D eigenvalue weighted by Crippen LogP contribution is 2.37. The van der Waals surface area contributed by atoms with Crippen LogP contribution in [0.4, 0.5) is 0 Å². The molecule has 1 aliphatic rings. The zero-order chi connectivity index (χ0) is 14.6. The molecule has 0 heterocycles. The third-order valence-corrected chi connectivity index (χ3v) is 4.14. The second kappa shape index (κ2) is 4.27. The number of hydrogen-bond acceptors (Lipinski definition) is 2. The van der Waals surface area contributed by atoms with Gasteiger partial charge in [0.25, 0.3) is 0 Å². The van der Waals surface area contributed by atoms with E-state index in [9.17, 15) is 9.59 Å². The van der Waals surface area contributed by atoms with E-state index in [4.69, 9.17) is 0 Å². The fourth-order valence-corrected chi connectivity index (χ4v) is 2.98. The molecule has 0 atom stereocenters. The first-order chi connectivity index (χ1) is 9.41. The Morgan fingerprint density at radius 2 is 1.55 bits per heavy atom. The van der Waals surface area contributed by atoms with Crippen LogP contribution in [0.2, 0.25) is 0 Å². The van der Waals surface area contributed by atoms with Crippen LogP contribution in [0, 0.1) is 0 Å². The van der Waals surface area contributed by atoms with Crippen molar-refractivity contribution in [2.24, 2.45) is 0 Å². The van der Waals surface area contributed by atoms with E-state index in [0.29, 0.717) is 17.0 Å². The summed E-state index contributed by atoms with van der Waals surface area (Å²) >= 11 is 0. The fraction of sp³-hybridized carbons (Fsp3) is 0.333. The number of Topliss-reactive ketones (excluding diaryl/α,β-unsaturated/α-hetero) is 2. The van der Waals surface area contributed by atoms with E-state index >= 15 is 0 Å². The Kier molecular flexibility index (Phi) is 2.79. The topological polar surface area (TPSA) is 34.1 Å². The molecule has 2 aromatic rings. The Hall–Kier alpha value is -1.96. The van der Waals surface area contributed by atoms with Crippen LogP contribution in [0.25, 0.3) is 10.8 Å². The van der Waals surface area contributed by atoms with Crippen molar-refractivity contribution in [3.8, 4) is 0 Å². The largest absolute Gasteiger partial charge is 0.285 e. The third kappa shape index (κ3) is 1.64. The van der Waals surface area contributed by atoms with Crippen LogP contribution in [0.15, 0.2) is 24.3 Å². The molecule has 0 bridgehead atoms. The molecule has 2 nitrogen and oxygen atoms in total. The summed E-state index contributed by atoms with van der Waals surface area (Å²) in [5.74, 6) is -0.106. The Balaban J connectivity index is 2.44. The predicted octanol–water partition coefficient (Wildman–Crippen LogP) is 4.47. The SMILES string of the molecule is CC(C)c1cc2c3c(c(C(C)C)ccc3c1)C(=O)C2=O. The molecule has 1 aliphatic carbocycles. The van der Waals surface area contributed by atoms with Crippen molar-refractivity contribution < 1.29 is 9.59 Å². The molecule has 0 N–H and O–H groups in total.